The Morgan fingerprint density at radius 2 is 2.10 bits per heavy atom. The van der Waals surface area contributed by atoms with Crippen LogP contribution >= 0.6 is 0 Å². The smallest absolute Gasteiger partial charge is 0.0611 e. The molecular formula is C17H35N3O. The fourth-order valence-electron chi connectivity index (χ4n) is 4.48. The third-order valence-corrected chi connectivity index (χ3v) is 5.70. The number of hydrogen-bond donors (Lipinski definition) is 2. The maximum absolute atomic E-state index is 9.70. The molecule has 2 rings (SSSR count). The zero-order valence-corrected chi connectivity index (χ0v) is 14.4. The normalized spacial score (nSPS) is 32.4. The van der Waals surface area contributed by atoms with Crippen LogP contribution in [-0.4, -0.2) is 72.4 Å². The second-order valence-electron chi connectivity index (χ2n) is 7.54. The van der Waals surface area contributed by atoms with Gasteiger partial charge in [0.2, 0.25) is 0 Å². The highest BCUT2D eigenvalue weighted by molar-refractivity contribution is 4.93. The summed E-state index contributed by atoms with van der Waals surface area (Å²) < 4.78 is 0. The van der Waals surface area contributed by atoms with E-state index in [-0.39, 0.29) is 12.1 Å². The number of piperidine rings is 2. The van der Waals surface area contributed by atoms with E-state index in [1.165, 1.54) is 38.9 Å². The first-order valence-electron chi connectivity index (χ1n) is 8.79. The Morgan fingerprint density at radius 3 is 2.76 bits per heavy atom. The summed E-state index contributed by atoms with van der Waals surface area (Å²) in [5.74, 6) is 0.847. The average Bonchev–Trinajstić information content (AvgIpc) is 2.47. The number of fused-ring (bicyclic) bond motifs is 1. The van der Waals surface area contributed by atoms with Crippen LogP contribution in [0.5, 0.6) is 0 Å². The Morgan fingerprint density at radius 1 is 1.33 bits per heavy atom. The van der Waals surface area contributed by atoms with E-state index in [4.69, 9.17) is 0 Å². The van der Waals surface area contributed by atoms with Crippen molar-refractivity contribution in [3.05, 3.63) is 0 Å². The van der Waals surface area contributed by atoms with E-state index < -0.39 is 0 Å². The Hall–Kier alpha value is -0.160. The molecule has 4 nitrogen and oxygen atoms in total. The van der Waals surface area contributed by atoms with E-state index in [2.05, 4.69) is 42.9 Å². The van der Waals surface area contributed by atoms with E-state index in [1.807, 2.05) is 0 Å². The zero-order valence-electron chi connectivity index (χ0n) is 14.4. The van der Waals surface area contributed by atoms with Gasteiger partial charge in [-0.3, -0.25) is 0 Å². The van der Waals surface area contributed by atoms with Crippen LogP contribution in [0.4, 0.5) is 0 Å². The molecule has 4 unspecified atom stereocenters. The molecule has 0 aromatic carbocycles. The van der Waals surface area contributed by atoms with Crippen LogP contribution in [0, 0.1) is 5.92 Å². The number of rotatable bonds is 6. The van der Waals surface area contributed by atoms with Crippen molar-refractivity contribution in [3.8, 4) is 0 Å². The van der Waals surface area contributed by atoms with Crippen molar-refractivity contribution in [2.75, 3.05) is 39.8 Å². The van der Waals surface area contributed by atoms with Crippen LogP contribution in [0.15, 0.2) is 0 Å². The largest absolute Gasteiger partial charge is 0.394 e. The molecule has 0 aromatic heterocycles. The third-order valence-electron chi connectivity index (χ3n) is 5.70. The fourth-order valence-corrected chi connectivity index (χ4v) is 4.48. The van der Waals surface area contributed by atoms with Gasteiger partial charge < -0.3 is 20.2 Å². The highest BCUT2D eigenvalue weighted by Gasteiger charge is 2.36. The highest BCUT2D eigenvalue weighted by atomic mass is 16.3. The summed E-state index contributed by atoms with van der Waals surface area (Å²) >= 11 is 0. The van der Waals surface area contributed by atoms with Crippen molar-refractivity contribution in [1.82, 2.24) is 15.1 Å². The van der Waals surface area contributed by atoms with Crippen LogP contribution in [0.3, 0.4) is 0 Å². The first-order chi connectivity index (χ1) is 9.99. The van der Waals surface area contributed by atoms with Gasteiger partial charge in [-0.2, -0.15) is 0 Å². The number of aliphatic hydroxyl groups excluding tert-OH is 1. The number of likely N-dealkylation sites (N-methyl/N-ethyl adjacent to an activating group) is 1. The Kier molecular flexibility index (Phi) is 6.06. The molecule has 2 N–H and O–H groups in total. The maximum atomic E-state index is 9.70. The van der Waals surface area contributed by atoms with Crippen LogP contribution in [0.25, 0.3) is 0 Å². The molecule has 21 heavy (non-hydrogen) atoms. The molecule has 4 atom stereocenters. The molecule has 0 bridgehead atoms. The lowest BCUT2D eigenvalue weighted by molar-refractivity contribution is 0.0133. The second kappa shape index (κ2) is 7.40. The molecule has 2 saturated heterocycles. The lowest BCUT2D eigenvalue weighted by Crippen LogP contribution is -2.56. The monoisotopic (exact) mass is 297 g/mol. The minimum Gasteiger partial charge on any atom is -0.394 e. The van der Waals surface area contributed by atoms with E-state index in [0.29, 0.717) is 6.04 Å². The van der Waals surface area contributed by atoms with E-state index >= 15 is 0 Å². The van der Waals surface area contributed by atoms with Crippen molar-refractivity contribution in [1.29, 1.82) is 0 Å². The van der Waals surface area contributed by atoms with E-state index in [0.717, 1.165) is 24.9 Å². The quantitative estimate of drug-likeness (QED) is 0.780. The van der Waals surface area contributed by atoms with Gasteiger partial charge in [-0.1, -0.05) is 6.92 Å². The van der Waals surface area contributed by atoms with Gasteiger partial charge in [0, 0.05) is 24.2 Å². The minimum atomic E-state index is -0.144. The molecule has 2 aliphatic heterocycles. The van der Waals surface area contributed by atoms with Crippen molar-refractivity contribution in [3.63, 3.8) is 0 Å². The summed E-state index contributed by atoms with van der Waals surface area (Å²) in [4.78, 5) is 5.23. The Balaban J connectivity index is 1.90. The van der Waals surface area contributed by atoms with Crippen molar-refractivity contribution >= 4 is 0 Å². The molecule has 2 heterocycles. The molecule has 0 aromatic rings. The van der Waals surface area contributed by atoms with Crippen LogP contribution in [0.1, 0.15) is 46.5 Å². The van der Waals surface area contributed by atoms with Gasteiger partial charge in [0.05, 0.1) is 6.61 Å². The first kappa shape index (κ1) is 17.2. The number of nitrogens with zero attached hydrogens (tertiary/aromatic N) is 2. The number of hydrogen-bond acceptors (Lipinski definition) is 4. The topological polar surface area (TPSA) is 38.7 Å². The van der Waals surface area contributed by atoms with Gasteiger partial charge in [0.25, 0.3) is 0 Å². The number of nitrogens with one attached hydrogen (secondary N) is 1. The summed E-state index contributed by atoms with van der Waals surface area (Å²) in [6, 6.07) is 1.34. The highest BCUT2D eigenvalue weighted by Crippen LogP contribution is 2.31. The number of likely N-dealkylation sites (tertiary alicyclic amines) is 2. The molecule has 124 valence electrons. The molecule has 4 heteroatoms. The van der Waals surface area contributed by atoms with Gasteiger partial charge in [0.1, 0.15) is 0 Å². The lowest BCUT2D eigenvalue weighted by atomic mass is 9.83. The molecule has 0 amide bonds. The van der Waals surface area contributed by atoms with Crippen LogP contribution in [-0.2, 0) is 0 Å². The van der Waals surface area contributed by atoms with Crippen molar-refractivity contribution in [2.24, 2.45) is 5.92 Å². The summed E-state index contributed by atoms with van der Waals surface area (Å²) in [6.07, 6.45) is 5.07. The van der Waals surface area contributed by atoms with Crippen LogP contribution in [0.2, 0.25) is 0 Å². The van der Waals surface area contributed by atoms with Gasteiger partial charge in [-0.05, 0) is 72.1 Å². The SMILES string of the molecule is CCNC(C)(CO)CC(C)N1CCC2C(CCCN2C)C1. The summed E-state index contributed by atoms with van der Waals surface area (Å²) in [6.45, 7) is 11.4. The Labute approximate surface area is 130 Å². The van der Waals surface area contributed by atoms with Gasteiger partial charge in [-0.25, -0.2) is 0 Å². The second-order valence-corrected chi connectivity index (χ2v) is 7.54. The molecule has 0 spiro atoms. The summed E-state index contributed by atoms with van der Waals surface area (Å²) in [5, 5.41) is 13.2. The van der Waals surface area contributed by atoms with Gasteiger partial charge >= 0.3 is 0 Å². The van der Waals surface area contributed by atoms with Crippen molar-refractivity contribution < 1.29 is 5.11 Å². The predicted octanol–water partition coefficient (Wildman–Crippen LogP) is 1.54. The fraction of sp³-hybridized carbons (Fsp3) is 1.00. The molecular weight excluding hydrogens is 262 g/mol. The molecule has 0 aliphatic carbocycles. The molecule has 0 radical (unpaired) electrons. The minimum absolute atomic E-state index is 0.144. The van der Waals surface area contributed by atoms with E-state index in [1.54, 1.807) is 0 Å². The van der Waals surface area contributed by atoms with Crippen molar-refractivity contribution in [2.45, 2.75) is 64.1 Å². The summed E-state index contributed by atoms with van der Waals surface area (Å²) in [7, 11) is 2.30. The van der Waals surface area contributed by atoms with Crippen LogP contribution < -0.4 is 5.32 Å². The van der Waals surface area contributed by atoms with Gasteiger partial charge in [0.15, 0.2) is 0 Å². The molecule has 2 fully saturated rings. The zero-order chi connectivity index (χ0) is 15.5. The Bertz CT molecular complexity index is 325. The average molecular weight is 297 g/mol. The number of aliphatic hydroxyl groups is 1. The van der Waals surface area contributed by atoms with Gasteiger partial charge in [-0.15, -0.1) is 0 Å². The third kappa shape index (κ3) is 4.19. The first-order valence-corrected chi connectivity index (χ1v) is 8.79. The summed E-state index contributed by atoms with van der Waals surface area (Å²) in [5.41, 5.74) is -0.144. The molecule has 0 saturated carbocycles. The lowest BCUT2D eigenvalue weighted by Gasteiger charge is -2.48. The standard InChI is InChI=1S/C17H35N3O/c1-5-18-17(3,13-21)11-14(2)20-10-8-16-15(12-20)7-6-9-19(16)4/h14-16,18,21H,5-13H2,1-4H3. The molecule has 2 aliphatic rings. The maximum Gasteiger partial charge on any atom is 0.0611 e. The van der Waals surface area contributed by atoms with E-state index in [9.17, 15) is 5.11 Å². The predicted molar refractivity (Wildman–Crippen MR) is 88.6 cm³/mol.